The predicted octanol–water partition coefficient (Wildman–Crippen LogP) is 2.69. The Labute approximate surface area is 166 Å². The Morgan fingerprint density at radius 1 is 1.14 bits per heavy atom. The van der Waals surface area contributed by atoms with Crippen molar-refractivity contribution >= 4 is 11.6 Å². The lowest BCUT2D eigenvalue weighted by atomic mass is 9.99. The third-order valence-corrected chi connectivity index (χ3v) is 5.92. The number of benzene rings is 1. The van der Waals surface area contributed by atoms with Gasteiger partial charge in [0, 0.05) is 12.2 Å². The Kier molecular flexibility index (Phi) is 6.02. The number of nitrogens with one attached hydrogen (secondary N) is 2. The van der Waals surface area contributed by atoms with Crippen LogP contribution in [-0.2, 0) is 6.54 Å². The molecule has 150 valence electrons. The van der Waals surface area contributed by atoms with Crippen LogP contribution in [0.2, 0.25) is 0 Å². The molecule has 2 N–H and O–H groups in total. The van der Waals surface area contributed by atoms with Crippen LogP contribution < -0.4 is 10.6 Å². The fourth-order valence-corrected chi connectivity index (χ4v) is 4.00. The molecule has 7 heteroatoms. The minimum Gasteiger partial charge on any atom is -0.321 e. The van der Waals surface area contributed by atoms with Crippen molar-refractivity contribution in [1.82, 2.24) is 25.2 Å². The van der Waals surface area contributed by atoms with Crippen LogP contribution in [0.1, 0.15) is 54.7 Å². The van der Waals surface area contributed by atoms with E-state index in [4.69, 9.17) is 0 Å². The van der Waals surface area contributed by atoms with E-state index < -0.39 is 0 Å². The van der Waals surface area contributed by atoms with Gasteiger partial charge in [0.05, 0.1) is 12.2 Å². The summed E-state index contributed by atoms with van der Waals surface area (Å²) in [4.78, 5) is 15.0. The average molecular weight is 383 g/mol. The number of piperidine rings is 2. The minimum absolute atomic E-state index is 0.210. The zero-order chi connectivity index (χ0) is 19.3. The largest absolute Gasteiger partial charge is 0.321 e. The quantitative estimate of drug-likeness (QED) is 0.832. The zero-order valence-electron chi connectivity index (χ0n) is 16.6. The molecule has 0 spiro atoms. The number of anilines is 1. The first-order valence-corrected chi connectivity index (χ1v) is 10.4. The molecule has 0 unspecified atom stereocenters. The van der Waals surface area contributed by atoms with Gasteiger partial charge in [0.1, 0.15) is 0 Å². The maximum absolute atomic E-state index is 12.5. The van der Waals surface area contributed by atoms with Crippen LogP contribution in [0.4, 0.5) is 5.69 Å². The predicted molar refractivity (Wildman–Crippen MR) is 109 cm³/mol. The summed E-state index contributed by atoms with van der Waals surface area (Å²) in [6.45, 7) is 7.62. The molecule has 2 aliphatic heterocycles. The highest BCUT2D eigenvalue weighted by atomic mass is 16.2. The van der Waals surface area contributed by atoms with Crippen molar-refractivity contribution in [3.05, 3.63) is 41.7 Å². The van der Waals surface area contributed by atoms with Gasteiger partial charge in [0.15, 0.2) is 5.69 Å². The Balaban J connectivity index is 1.31. The monoisotopic (exact) mass is 382 g/mol. The standard InChI is InChI=1S/C21H30N6O/c1-16-8-12-26(13-9-16)14-17-2-4-18(5-3-17)23-21(28)20-15-27(25-24-20)19-6-10-22-11-7-19/h2-5,15-16,19,22H,6-14H2,1H3,(H,23,28). The fraction of sp³-hybridized carbons (Fsp3) is 0.571. The highest BCUT2D eigenvalue weighted by Crippen LogP contribution is 2.20. The van der Waals surface area contributed by atoms with Crippen LogP contribution in [0, 0.1) is 5.92 Å². The molecule has 7 nitrogen and oxygen atoms in total. The van der Waals surface area contributed by atoms with E-state index in [0.717, 1.165) is 44.1 Å². The van der Waals surface area contributed by atoms with Crippen molar-refractivity contribution in [2.45, 2.75) is 45.2 Å². The van der Waals surface area contributed by atoms with Crippen LogP contribution >= 0.6 is 0 Å². The lowest BCUT2D eigenvalue weighted by Crippen LogP contribution is -2.32. The number of nitrogens with zero attached hydrogens (tertiary/aromatic N) is 4. The molecule has 28 heavy (non-hydrogen) atoms. The molecule has 2 fully saturated rings. The van der Waals surface area contributed by atoms with Crippen molar-refractivity contribution < 1.29 is 4.79 Å². The number of carbonyl (C=O) groups excluding carboxylic acids is 1. The van der Waals surface area contributed by atoms with Gasteiger partial charge in [-0.1, -0.05) is 24.3 Å². The maximum atomic E-state index is 12.5. The van der Waals surface area contributed by atoms with E-state index in [0.29, 0.717) is 11.7 Å². The second kappa shape index (κ2) is 8.84. The van der Waals surface area contributed by atoms with E-state index >= 15 is 0 Å². The van der Waals surface area contributed by atoms with Crippen LogP contribution in [0.25, 0.3) is 0 Å². The van der Waals surface area contributed by atoms with Crippen LogP contribution in [-0.4, -0.2) is 52.0 Å². The lowest BCUT2D eigenvalue weighted by Gasteiger charge is -2.30. The number of carbonyl (C=O) groups is 1. The van der Waals surface area contributed by atoms with Gasteiger partial charge in [0.25, 0.3) is 5.91 Å². The van der Waals surface area contributed by atoms with Crippen molar-refractivity contribution in [1.29, 1.82) is 0 Å². The molecule has 2 aromatic rings. The SMILES string of the molecule is CC1CCN(Cc2ccc(NC(=O)c3cn(C4CCNCC4)nn3)cc2)CC1. The van der Waals surface area contributed by atoms with Gasteiger partial charge >= 0.3 is 0 Å². The van der Waals surface area contributed by atoms with Gasteiger partial charge < -0.3 is 10.6 Å². The molecule has 0 saturated carbocycles. The van der Waals surface area contributed by atoms with E-state index in [1.807, 2.05) is 16.8 Å². The van der Waals surface area contributed by atoms with E-state index in [9.17, 15) is 4.79 Å². The molecule has 1 amide bonds. The van der Waals surface area contributed by atoms with E-state index in [1.165, 1.54) is 31.5 Å². The van der Waals surface area contributed by atoms with Crippen LogP contribution in [0.15, 0.2) is 30.5 Å². The number of aromatic nitrogens is 3. The van der Waals surface area contributed by atoms with Gasteiger partial charge in [-0.2, -0.15) is 0 Å². The normalized spacial score (nSPS) is 19.6. The van der Waals surface area contributed by atoms with Crippen molar-refractivity contribution in [3.63, 3.8) is 0 Å². The molecular weight excluding hydrogens is 352 g/mol. The van der Waals surface area contributed by atoms with Crippen LogP contribution in [0.5, 0.6) is 0 Å². The summed E-state index contributed by atoms with van der Waals surface area (Å²) in [5, 5.41) is 14.5. The number of hydrogen-bond donors (Lipinski definition) is 2. The molecular formula is C21H30N6O. The topological polar surface area (TPSA) is 75.1 Å². The molecule has 1 aromatic carbocycles. The summed E-state index contributed by atoms with van der Waals surface area (Å²) >= 11 is 0. The summed E-state index contributed by atoms with van der Waals surface area (Å²) in [5.74, 6) is 0.638. The molecule has 0 bridgehead atoms. The maximum Gasteiger partial charge on any atom is 0.277 e. The van der Waals surface area contributed by atoms with E-state index in [2.05, 4.69) is 44.9 Å². The Hall–Kier alpha value is -2.25. The summed E-state index contributed by atoms with van der Waals surface area (Å²) in [6.07, 6.45) is 6.36. The molecule has 2 saturated heterocycles. The molecule has 3 heterocycles. The zero-order valence-corrected chi connectivity index (χ0v) is 16.6. The van der Waals surface area contributed by atoms with Crippen LogP contribution in [0.3, 0.4) is 0 Å². The molecule has 0 radical (unpaired) electrons. The van der Waals surface area contributed by atoms with Gasteiger partial charge in [-0.05, 0) is 75.5 Å². The molecule has 2 aliphatic rings. The summed E-state index contributed by atoms with van der Waals surface area (Å²) in [6, 6.07) is 8.46. The Morgan fingerprint density at radius 2 is 1.86 bits per heavy atom. The van der Waals surface area contributed by atoms with Gasteiger partial charge in [-0.3, -0.25) is 9.69 Å². The Morgan fingerprint density at radius 3 is 2.57 bits per heavy atom. The van der Waals surface area contributed by atoms with E-state index in [-0.39, 0.29) is 5.91 Å². The highest BCUT2D eigenvalue weighted by Gasteiger charge is 2.19. The van der Waals surface area contributed by atoms with Gasteiger partial charge in [0.2, 0.25) is 0 Å². The number of likely N-dealkylation sites (tertiary alicyclic amines) is 1. The molecule has 0 atom stereocenters. The smallest absolute Gasteiger partial charge is 0.277 e. The fourth-order valence-electron chi connectivity index (χ4n) is 4.00. The molecule has 1 aromatic heterocycles. The first-order valence-electron chi connectivity index (χ1n) is 10.4. The number of amides is 1. The first kappa shape index (κ1) is 19.1. The summed E-state index contributed by atoms with van der Waals surface area (Å²) < 4.78 is 1.83. The number of hydrogen-bond acceptors (Lipinski definition) is 5. The average Bonchev–Trinajstić information content (AvgIpc) is 3.22. The highest BCUT2D eigenvalue weighted by molar-refractivity contribution is 6.02. The first-order chi connectivity index (χ1) is 13.7. The summed E-state index contributed by atoms with van der Waals surface area (Å²) in [7, 11) is 0. The van der Waals surface area contributed by atoms with Crippen molar-refractivity contribution in [2.24, 2.45) is 5.92 Å². The van der Waals surface area contributed by atoms with Gasteiger partial charge in [-0.25, -0.2) is 4.68 Å². The third kappa shape index (κ3) is 4.77. The minimum atomic E-state index is -0.210. The third-order valence-electron chi connectivity index (χ3n) is 5.92. The number of rotatable bonds is 5. The second-order valence-corrected chi connectivity index (χ2v) is 8.17. The van der Waals surface area contributed by atoms with Crippen molar-refractivity contribution in [2.75, 3.05) is 31.5 Å². The second-order valence-electron chi connectivity index (χ2n) is 8.17. The molecule has 4 rings (SSSR count). The van der Waals surface area contributed by atoms with Crippen molar-refractivity contribution in [3.8, 4) is 0 Å². The Bertz CT molecular complexity index is 772. The van der Waals surface area contributed by atoms with E-state index in [1.54, 1.807) is 6.20 Å². The summed E-state index contributed by atoms with van der Waals surface area (Å²) in [5.41, 5.74) is 2.44. The lowest BCUT2D eigenvalue weighted by molar-refractivity contribution is 0.102. The molecule has 0 aliphatic carbocycles. The van der Waals surface area contributed by atoms with Gasteiger partial charge in [-0.15, -0.1) is 5.10 Å².